The summed E-state index contributed by atoms with van der Waals surface area (Å²) in [6.07, 6.45) is 0. The molecule has 0 aliphatic heterocycles. The zero-order valence-electron chi connectivity index (χ0n) is 12.3. The molecule has 1 aromatic heterocycles. The van der Waals surface area contributed by atoms with E-state index < -0.39 is 5.91 Å². The van der Waals surface area contributed by atoms with E-state index in [4.69, 9.17) is 5.26 Å². The maximum Gasteiger partial charge on any atom is 0.272 e. The van der Waals surface area contributed by atoms with E-state index in [2.05, 4.69) is 15.7 Å². The van der Waals surface area contributed by atoms with Crippen molar-refractivity contribution in [3.63, 3.8) is 0 Å². The molecule has 2 aromatic rings. The highest BCUT2D eigenvalue weighted by atomic mass is 16.2. The summed E-state index contributed by atoms with van der Waals surface area (Å²) in [6.45, 7) is 1.68. The van der Waals surface area contributed by atoms with Crippen molar-refractivity contribution in [3.05, 3.63) is 47.3 Å². The summed E-state index contributed by atoms with van der Waals surface area (Å²) in [4.78, 5) is 23.6. The first-order chi connectivity index (χ1) is 10.5. The number of benzene rings is 1. The monoisotopic (exact) mass is 297 g/mol. The van der Waals surface area contributed by atoms with Crippen molar-refractivity contribution in [3.8, 4) is 6.07 Å². The summed E-state index contributed by atoms with van der Waals surface area (Å²) in [5.74, 6) is -0.760. The summed E-state index contributed by atoms with van der Waals surface area (Å²) >= 11 is 0. The molecule has 1 aromatic carbocycles. The van der Waals surface area contributed by atoms with Gasteiger partial charge in [-0.1, -0.05) is 0 Å². The number of anilines is 1. The number of rotatable bonds is 4. The maximum atomic E-state index is 11.8. The Bertz CT molecular complexity index is 721. The zero-order valence-corrected chi connectivity index (χ0v) is 12.3. The van der Waals surface area contributed by atoms with Crippen molar-refractivity contribution >= 4 is 17.5 Å². The molecule has 0 aliphatic rings. The third-order valence-electron chi connectivity index (χ3n) is 3.05. The minimum Gasteiger partial charge on any atom is -0.342 e. The van der Waals surface area contributed by atoms with E-state index in [0.29, 0.717) is 11.3 Å². The molecule has 0 radical (unpaired) electrons. The number of hydrogen-bond donors (Lipinski definition) is 2. The van der Waals surface area contributed by atoms with Crippen molar-refractivity contribution in [2.24, 2.45) is 7.05 Å². The molecule has 7 heteroatoms. The van der Waals surface area contributed by atoms with Crippen molar-refractivity contribution in [1.29, 1.82) is 5.26 Å². The topological polar surface area (TPSA) is 99.8 Å². The van der Waals surface area contributed by atoms with E-state index in [-0.39, 0.29) is 18.1 Å². The van der Waals surface area contributed by atoms with Crippen LogP contribution in [0.1, 0.15) is 21.7 Å². The molecule has 0 fully saturated rings. The number of aryl methyl sites for hydroxylation is 2. The molecule has 1 heterocycles. The lowest BCUT2D eigenvalue weighted by molar-refractivity contribution is -0.115. The van der Waals surface area contributed by atoms with Crippen LogP contribution in [0.15, 0.2) is 30.3 Å². The van der Waals surface area contributed by atoms with E-state index in [0.717, 1.165) is 5.69 Å². The Hall–Kier alpha value is -3.14. The molecule has 2 rings (SSSR count). The number of nitrogens with zero attached hydrogens (tertiary/aromatic N) is 3. The smallest absolute Gasteiger partial charge is 0.272 e. The van der Waals surface area contributed by atoms with Gasteiger partial charge in [0.1, 0.15) is 5.69 Å². The van der Waals surface area contributed by atoms with Gasteiger partial charge in [0.2, 0.25) is 5.91 Å². The maximum absolute atomic E-state index is 11.8. The van der Waals surface area contributed by atoms with Crippen LogP contribution in [0.4, 0.5) is 5.69 Å². The number of carbonyl (C=O) groups excluding carboxylic acids is 2. The highest BCUT2D eigenvalue weighted by molar-refractivity contribution is 5.98. The van der Waals surface area contributed by atoms with Crippen LogP contribution in [0, 0.1) is 18.3 Å². The second kappa shape index (κ2) is 6.54. The summed E-state index contributed by atoms with van der Waals surface area (Å²) < 4.78 is 1.59. The number of nitriles is 1. The predicted octanol–water partition coefficient (Wildman–Crippen LogP) is 0.969. The van der Waals surface area contributed by atoms with Crippen molar-refractivity contribution in [1.82, 2.24) is 15.1 Å². The van der Waals surface area contributed by atoms with Crippen LogP contribution in [0.2, 0.25) is 0 Å². The Balaban J connectivity index is 1.87. The molecule has 0 spiro atoms. The average Bonchev–Trinajstić information content (AvgIpc) is 2.85. The minimum atomic E-state index is -0.404. The Morgan fingerprint density at radius 3 is 2.55 bits per heavy atom. The van der Waals surface area contributed by atoms with Gasteiger partial charge >= 0.3 is 0 Å². The van der Waals surface area contributed by atoms with Gasteiger partial charge in [0.05, 0.1) is 18.2 Å². The van der Waals surface area contributed by atoms with Gasteiger partial charge in [-0.2, -0.15) is 10.4 Å². The zero-order chi connectivity index (χ0) is 16.1. The van der Waals surface area contributed by atoms with Crippen LogP contribution >= 0.6 is 0 Å². The number of carbonyl (C=O) groups is 2. The molecule has 7 nitrogen and oxygen atoms in total. The first-order valence-corrected chi connectivity index (χ1v) is 6.58. The first kappa shape index (κ1) is 15.3. The van der Waals surface area contributed by atoms with E-state index >= 15 is 0 Å². The lowest BCUT2D eigenvalue weighted by Crippen LogP contribution is -2.33. The molecule has 0 saturated heterocycles. The van der Waals surface area contributed by atoms with Crippen LogP contribution in [0.25, 0.3) is 0 Å². The summed E-state index contributed by atoms with van der Waals surface area (Å²) in [6, 6.07) is 10.1. The molecule has 22 heavy (non-hydrogen) atoms. The summed E-state index contributed by atoms with van der Waals surface area (Å²) in [5, 5.41) is 17.9. The Labute approximate surface area is 127 Å². The van der Waals surface area contributed by atoms with Gasteiger partial charge in [-0.15, -0.1) is 0 Å². The lowest BCUT2D eigenvalue weighted by Gasteiger charge is -2.06. The number of nitrogens with one attached hydrogen (secondary N) is 2. The van der Waals surface area contributed by atoms with Gasteiger partial charge in [0, 0.05) is 18.4 Å². The summed E-state index contributed by atoms with van der Waals surface area (Å²) in [5.41, 5.74) is 2.20. The third kappa shape index (κ3) is 3.70. The number of amides is 2. The van der Waals surface area contributed by atoms with Gasteiger partial charge in [-0.3, -0.25) is 14.3 Å². The molecule has 0 aliphatic carbocycles. The standard InChI is InChI=1S/C15H15N5O2/c1-10-7-13(19-20(10)2)15(22)17-9-14(21)18-12-5-3-11(8-16)4-6-12/h3-7H,9H2,1-2H3,(H,17,22)(H,18,21). The normalized spacial score (nSPS) is 9.86. The van der Waals surface area contributed by atoms with Crippen LogP contribution in [-0.4, -0.2) is 28.1 Å². The van der Waals surface area contributed by atoms with Crippen LogP contribution in [0.3, 0.4) is 0 Å². The molecule has 0 bridgehead atoms. The van der Waals surface area contributed by atoms with Gasteiger partial charge < -0.3 is 10.6 Å². The molecule has 112 valence electrons. The molecule has 0 saturated carbocycles. The molecule has 2 N–H and O–H groups in total. The van der Waals surface area contributed by atoms with E-state index in [1.807, 2.05) is 13.0 Å². The van der Waals surface area contributed by atoms with Gasteiger partial charge in [0.15, 0.2) is 0 Å². The van der Waals surface area contributed by atoms with E-state index in [1.54, 1.807) is 42.1 Å². The first-order valence-electron chi connectivity index (χ1n) is 6.58. The van der Waals surface area contributed by atoms with Gasteiger partial charge in [-0.25, -0.2) is 0 Å². The van der Waals surface area contributed by atoms with Gasteiger partial charge in [0.25, 0.3) is 5.91 Å². The Kier molecular flexibility index (Phi) is 4.53. The molecular weight excluding hydrogens is 282 g/mol. The number of aromatic nitrogens is 2. The fourth-order valence-corrected chi connectivity index (χ4v) is 1.76. The van der Waals surface area contributed by atoms with Crippen molar-refractivity contribution < 1.29 is 9.59 Å². The Morgan fingerprint density at radius 2 is 2.00 bits per heavy atom. The SMILES string of the molecule is Cc1cc(C(=O)NCC(=O)Nc2ccc(C#N)cc2)nn1C. The van der Waals surface area contributed by atoms with Crippen molar-refractivity contribution in [2.75, 3.05) is 11.9 Å². The quantitative estimate of drug-likeness (QED) is 0.878. The third-order valence-corrected chi connectivity index (χ3v) is 3.05. The van der Waals surface area contributed by atoms with E-state index in [9.17, 15) is 9.59 Å². The lowest BCUT2D eigenvalue weighted by atomic mass is 10.2. The Morgan fingerprint density at radius 1 is 1.32 bits per heavy atom. The molecular formula is C15H15N5O2. The largest absolute Gasteiger partial charge is 0.342 e. The fraction of sp³-hybridized carbons (Fsp3) is 0.200. The molecule has 2 amide bonds. The van der Waals surface area contributed by atoms with Crippen LogP contribution in [0.5, 0.6) is 0 Å². The van der Waals surface area contributed by atoms with Crippen LogP contribution < -0.4 is 10.6 Å². The average molecular weight is 297 g/mol. The van der Waals surface area contributed by atoms with Crippen molar-refractivity contribution in [2.45, 2.75) is 6.92 Å². The highest BCUT2D eigenvalue weighted by Crippen LogP contribution is 2.08. The molecule has 0 unspecified atom stereocenters. The second-order valence-corrected chi connectivity index (χ2v) is 4.71. The second-order valence-electron chi connectivity index (χ2n) is 4.71. The predicted molar refractivity (Wildman–Crippen MR) is 80.1 cm³/mol. The fourth-order valence-electron chi connectivity index (χ4n) is 1.76. The number of hydrogen-bond acceptors (Lipinski definition) is 4. The summed E-state index contributed by atoms with van der Waals surface area (Å²) in [7, 11) is 1.74. The molecule has 0 atom stereocenters. The van der Waals surface area contributed by atoms with Gasteiger partial charge in [-0.05, 0) is 37.3 Å². The van der Waals surface area contributed by atoms with E-state index in [1.165, 1.54) is 0 Å². The minimum absolute atomic E-state index is 0.158. The van der Waals surface area contributed by atoms with Crippen LogP contribution in [-0.2, 0) is 11.8 Å². The highest BCUT2D eigenvalue weighted by Gasteiger charge is 2.12.